The van der Waals surface area contributed by atoms with Crippen LogP contribution in [0, 0.1) is 0 Å². The van der Waals surface area contributed by atoms with E-state index >= 15 is 0 Å². The van der Waals surface area contributed by atoms with Crippen LogP contribution in [0.1, 0.15) is 0 Å². The highest BCUT2D eigenvalue weighted by Gasteiger charge is 2.19. The lowest BCUT2D eigenvalue weighted by Gasteiger charge is -2.19. The van der Waals surface area contributed by atoms with E-state index in [2.05, 4.69) is 206 Å². The largest absolute Gasteiger partial charge is 0.456 e. The predicted molar refractivity (Wildman–Crippen MR) is 260 cm³/mol. The molecule has 0 amide bonds. The van der Waals surface area contributed by atoms with Crippen LogP contribution in [0.15, 0.2) is 223 Å². The van der Waals surface area contributed by atoms with Crippen LogP contribution in [0.25, 0.3) is 131 Å². The lowest BCUT2D eigenvalue weighted by molar-refractivity contribution is 0.669. The zero-order chi connectivity index (χ0) is 40.0. The number of fused-ring (bicyclic) bond motifs is 13. The summed E-state index contributed by atoms with van der Waals surface area (Å²) in [6.45, 7) is 0. The third-order valence-corrected chi connectivity index (χ3v) is 13.0. The van der Waals surface area contributed by atoms with Gasteiger partial charge in [-0.3, -0.25) is 0 Å². The Morgan fingerprint density at radius 1 is 0.213 bits per heavy atom. The summed E-state index contributed by atoms with van der Waals surface area (Å²) in [5.74, 6) is 0. The zero-order valence-electron chi connectivity index (χ0n) is 33.2. The first-order valence-corrected chi connectivity index (χ1v) is 21.1. The second-order valence-electron chi connectivity index (χ2n) is 16.3. The fraction of sp³-hybridized carbons (Fsp3) is 0. The average Bonchev–Trinajstić information content (AvgIpc) is 3.71. The van der Waals surface area contributed by atoms with Gasteiger partial charge >= 0.3 is 0 Å². The Balaban J connectivity index is 0.975. The lowest BCUT2D eigenvalue weighted by Crippen LogP contribution is -1.92. The molecule has 12 aromatic carbocycles. The summed E-state index contributed by atoms with van der Waals surface area (Å²) in [6, 6.07) is 80.2. The molecule has 1 aromatic heterocycles. The van der Waals surface area contributed by atoms with E-state index in [9.17, 15) is 0 Å². The number of furan rings is 1. The van der Waals surface area contributed by atoms with Crippen LogP contribution in [0.3, 0.4) is 0 Å². The van der Waals surface area contributed by atoms with Crippen molar-refractivity contribution in [1.82, 2.24) is 0 Å². The van der Waals surface area contributed by atoms with Crippen molar-refractivity contribution in [2.75, 3.05) is 0 Å². The molecule has 0 aliphatic heterocycles. The van der Waals surface area contributed by atoms with E-state index < -0.39 is 0 Å². The smallest absolute Gasteiger partial charge is 0.135 e. The first-order chi connectivity index (χ1) is 30.3. The molecule has 1 heteroatoms. The molecule has 0 unspecified atom stereocenters. The van der Waals surface area contributed by atoms with Gasteiger partial charge < -0.3 is 4.42 Å². The minimum Gasteiger partial charge on any atom is -0.456 e. The highest BCUT2D eigenvalue weighted by atomic mass is 16.3. The van der Waals surface area contributed by atoms with Crippen molar-refractivity contribution < 1.29 is 4.42 Å². The minimum atomic E-state index is 0.912. The molecule has 0 atom stereocenters. The van der Waals surface area contributed by atoms with Gasteiger partial charge in [0, 0.05) is 10.8 Å². The van der Waals surface area contributed by atoms with Crippen molar-refractivity contribution in [3.8, 4) is 44.5 Å². The molecule has 282 valence electrons. The summed E-state index contributed by atoms with van der Waals surface area (Å²) in [7, 11) is 0. The molecule has 1 heterocycles. The van der Waals surface area contributed by atoms with Crippen LogP contribution < -0.4 is 0 Å². The molecule has 0 bridgehead atoms. The van der Waals surface area contributed by atoms with Gasteiger partial charge in [0.15, 0.2) is 0 Å². The molecule has 0 aliphatic rings. The van der Waals surface area contributed by atoms with E-state index in [1.165, 1.54) is 109 Å². The van der Waals surface area contributed by atoms with E-state index in [-0.39, 0.29) is 0 Å². The van der Waals surface area contributed by atoms with E-state index in [1.807, 2.05) is 12.1 Å². The van der Waals surface area contributed by atoms with Crippen molar-refractivity contribution in [3.63, 3.8) is 0 Å². The normalized spacial score (nSPS) is 11.9. The van der Waals surface area contributed by atoms with Crippen molar-refractivity contribution >= 4 is 86.6 Å². The number of hydrogen-bond donors (Lipinski definition) is 0. The van der Waals surface area contributed by atoms with Gasteiger partial charge in [0.05, 0.1) is 0 Å². The van der Waals surface area contributed by atoms with Crippen LogP contribution in [0.2, 0.25) is 0 Å². The molecule has 0 radical (unpaired) electrons. The third-order valence-electron chi connectivity index (χ3n) is 13.0. The van der Waals surface area contributed by atoms with E-state index in [0.717, 1.165) is 21.9 Å². The van der Waals surface area contributed by atoms with E-state index in [0.29, 0.717) is 0 Å². The number of para-hydroxylation sites is 1. The molecule has 0 aliphatic carbocycles. The predicted octanol–water partition coefficient (Wildman–Crippen LogP) is 17.2. The SMILES string of the molecule is c1cc(-c2ccc3oc4ccccc4c3c2)cc(-c2c3ccccc3c(-c3ccc(-c4cc5c6ccccc6c6ccccc6c5c5ccccc45)cc3)c3ccccc23)c1. The standard InChI is InChI=1S/C60H36O/c1-2-18-44-42(16-1)43-17-3-5-21-47(43)60-48-22-6-4-19-45(48)53(36-55(44)60)37-28-30-38(31-29-37)58-49-23-7-9-25-51(49)59(52-26-10-8-24-50(52)58)41-15-13-14-39(34-41)40-32-33-57-54(35-40)46-20-11-12-27-56(46)61-57/h1-36H. The van der Waals surface area contributed by atoms with Crippen molar-refractivity contribution in [1.29, 1.82) is 0 Å². The van der Waals surface area contributed by atoms with Crippen LogP contribution >= 0.6 is 0 Å². The Kier molecular flexibility index (Phi) is 7.37. The second kappa shape index (κ2) is 13.3. The van der Waals surface area contributed by atoms with Crippen LogP contribution in [0.5, 0.6) is 0 Å². The lowest BCUT2D eigenvalue weighted by atomic mass is 9.84. The number of rotatable bonds is 4. The number of hydrogen-bond acceptors (Lipinski definition) is 1. The Labute approximate surface area is 352 Å². The summed E-state index contributed by atoms with van der Waals surface area (Å²) in [6.07, 6.45) is 0. The van der Waals surface area contributed by atoms with Crippen LogP contribution in [-0.4, -0.2) is 0 Å². The molecule has 0 spiro atoms. The molecular weight excluding hydrogens is 737 g/mol. The Bertz CT molecular complexity index is 3870. The van der Waals surface area contributed by atoms with Gasteiger partial charge in [-0.15, -0.1) is 0 Å². The maximum Gasteiger partial charge on any atom is 0.135 e. The Morgan fingerprint density at radius 2 is 0.639 bits per heavy atom. The van der Waals surface area contributed by atoms with Crippen molar-refractivity contribution in [2.24, 2.45) is 0 Å². The third kappa shape index (κ3) is 5.14. The zero-order valence-corrected chi connectivity index (χ0v) is 33.2. The summed E-state index contributed by atoms with van der Waals surface area (Å²) in [5.41, 5.74) is 11.6. The highest BCUT2D eigenvalue weighted by molar-refractivity contribution is 6.33. The van der Waals surface area contributed by atoms with E-state index in [4.69, 9.17) is 4.42 Å². The van der Waals surface area contributed by atoms with Crippen molar-refractivity contribution in [3.05, 3.63) is 218 Å². The maximum absolute atomic E-state index is 6.17. The fourth-order valence-corrected chi connectivity index (χ4v) is 10.3. The van der Waals surface area contributed by atoms with Gasteiger partial charge in [0.1, 0.15) is 11.2 Å². The molecule has 0 saturated carbocycles. The van der Waals surface area contributed by atoms with Gasteiger partial charge in [-0.2, -0.15) is 0 Å². The van der Waals surface area contributed by atoms with Gasteiger partial charge in [-0.1, -0.05) is 188 Å². The first-order valence-electron chi connectivity index (χ1n) is 21.1. The Hall–Kier alpha value is -8.00. The van der Waals surface area contributed by atoms with Gasteiger partial charge in [0.25, 0.3) is 0 Å². The fourth-order valence-electron chi connectivity index (χ4n) is 10.3. The van der Waals surface area contributed by atoms with Crippen molar-refractivity contribution in [2.45, 2.75) is 0 Å². The molecule has 13 rings (SSSR count). The monoisotopic (exact) mass is 772 g/mol. The second-order valence-corrected chi connectivity index (χ2v) is 16.3. The molecule has 61 heavy (non-hydrogen) atoms. The summed E-state index contributed by atoms with van der Waals surface area (Å²) in [5, 5.41) is 17.6. The summed E-state index contributed by atoms with van der Waals surface area (Å²) in [4.78, 5) is 0. The topological polar surface area (TPSA) is 13.1 Å². The van der Waals surface area contributed by atoms with Gasteiger partial charge in [-0.25, -0.2) is 0 Å². The molecule has 0 fully saturated rings. The molecule has 13 aromatic rings. The van der Waals surface area contributed by atoms with Crippen LogP contribution in [0.4, 0.5) is 0 Å². The maximum atomic E-state index is 6.17. The molecular formula is C60H36O. The Morgan fingerprint density at radius 3 is 1.30 bits per heavy atom. The molecule has 0 N–H and O–H groups in total. The summed E-state index contributed by atoms with van der Waals surface area (Å²) < 4.78 is 6.17. The minimum absolute atomic E-state index is 0.912. The highest BCUT2D eigenvalue weighted by Crippen LogP contribution is 2.46. The van der Waals surface area contributed by atoms with E-state index in [1.54, 1.807) is 0 Å². The number of benzene rings is 12. The van der Waals surface area contributed by atoms with Gasteiger partial charge in [0.2, 0.25) is 0 Å². The first kappa shape index (κ1) is 33.9. The van der Waals surface area contributed by atoms with Gasteiger partial charge in [-0.05, 0) is 139 Å². The quantitative estimate of drug-likeness (QED) is 0.128. The average molecular weight is 773 g/mol. The molecule has 0 saturated heterocycles. The van der Waals surface area contributed by atoms with Crippen LogP contribution in [-0.2, 0) is 0 Å². The molecule has 1 nitrogen and oxygen atoms in total. The summed E-state index contributed by atoms with van der Waals surface area (Å²) >= 11 is 0.